The average molecular weight is 617 g/mol. The van der Waals surface area contributed by atoms with Crippen molar-refractivity contribution in [2.45, 2.75) is 71.6 Å². The lowest BCUT2D eigenvalue weighted by Gasteiger charge is -2.35. The molecule has 3 aromatic carbocycles. The Morgan fingerprint density at radius 3 is 2.26 bits per heavy atom. The number of nitrogens with zero attached hydrogens (tertiary/aromatic N) is 4. The number of benzene rings is 3. The van der Waals surface area contributed by atoms with Gasteiger partial charge in [0.25, 0.3) is 5.91 Å². The van der Waals surface area contributed by atoms with Crippen LogP contribution in [-0.2, 0) is 5.41 Å². The zero-order chi connectivity index (χ0) is 33.0. The molecule has 5 rings (SSSR count). The standard InChI is InChI=1S/C38H44N6O2/c1-25-13-15-33(16-14-25)44-35(23-34(42-44)38(4,5)6)41-37(46)40-32-12-8-10-30(22-32)27(3)28-17-19-43(20-18-28)36(45)31-11-7-9-29(21-31)26(2)24-39/h7-16,21-23,26-28H,17-20H2,1-6H3,(H2,40,41,46)/t26-,27?/m1/s1. The second-order valence-corrected chi connectivity index (χ2v) is 13.5. The second-order valence-electron chi connectivity index (χ2n) is 13.5. The fraction of sp³-hybridized carbons (Fsp3) is 0.368. The Balaban J connectivity index is 1.22. The van der Waals surface area contributed by atoms with Gasteiger partial charge in [0, 0.05) is 35.8 Å². The number of nitrogens with one attached hydrogen (secondary N) is 2. The van der Waals surface area contributed by atoms with E-state index in [1.54, 1.807) is 4.68 Å². The number of hydrogen-bond acceptors (Lipinski definition) is 4. The van der Waals surface area contributed by atoms with Gasteiger partial charge in [-0.3, -0.25) is 10.1 Å². The van der Waals surface area contributed by atoms with E-state index < -0.39 is 0 Å². The van der Waals surface area contributed by atoms with Crippen LogP contribution in [0.25, 0.3) is 5.69 Å². The third kappa shape index (κ3) is 7.48. The molecule has 8 nitrogen and oxygen atoms in total. The van der Waals surface area contributed by atoms with Gasteiger partial charge in [-0.1, -0.05) is 69.7 Å². The van der Waals surface area contributed by atoms with Gasteiger partial charge in [0.05, 0.1) is 23.4 Å². The van der Waals surface area contributed by atoms with Gasteiger partial charge < -0.3 is 10.2 Å². The van der Waals surface area contributed by atoms with E-state index in [1.807, 2.05) is 91.5 Å². The van der Waals surface area contributed by atoms with Crippen LogP contribution in [0.4, 0.5) is 16.3 Å². The first-order valence-electron chi connectivity index (χ1n) is 16.1. The average Bonchev–Trinajstić information content (AvgIpc) is 3.48. The molecule has 2 atom stereocenters. The summed E-state index contributed by atoms with van der Waals surface area (Å²) in [5, 5.41) is 20.1. The molecule has 1 unspecified atom stereocenters. The molecule has 0 bridgehead atoms. The maximum absolute atomic E-state index is 13.2. The Hall–Kier alpha value is -4.90. The van der Waals surface area contributed by atoms with E-state index >= 15 is 0 Å². The van der Waals surface area contributed by atoms with Crippen molar-refractivity contribution in [3.05, 3.63) is 107 Å². The van der Waals surface area contributed by atoms with Crippen LogP contribution < -0.4 is 10.6 Å². The molecule has 1 aliphatic heterocycles. The lowest BCUT2D eigenvalue weighted by molar-refractivity contribution is 0.0680. The molecule has 1 fully saturated rings. The van der Waals surface area contributed by atoms with Crippen LogP contribution in [0.3, 0.4) is 0 Å². The summed E-state index contributed by atoms with van der Waals surface area (Å²) in [6.07, 6.45) is 1.80. The Morgan fingerprint density at radius 2 is 1.59 bits per heavy atom. The third-order valence-corrected chi connectivity index (χ3v) is 9.03. The van der Waals surface area contributed by atoms with E-state index in [0.29, 0.717) is 30.4 Å². The van der Waals surface area contributed by atoms with Crippen LogP contribution in [0.2, 0.25) is 0 Å². The van der Waals surface area contributed by atoms with E-state index in [2.05, 4.69) is 50.5 Å². The fourth-order valence-corrected chi connectivity index (χ4v) is 5.97. The maximum Gasteiger partial charge on any atom is 0.324 e. The van der Waals surface area contributed by atoms with Crippen LogP contribution >= 0.6 is 0 Å². The molecular formula is C38H44N6O2. The van der Waals surface area contributed by atoms with Gasteiger partial charge in [-0.25, -0.2) is 9.48 Å². The lowest BCUT2D eigenvalue weighted by Crippen LogP contribution is -2.39. The number of amides is 3. The van der Waals surface area contributed by atoms with E-state index in [1.165, 1.54) is 0 Å². The Bertz CT molecular complexity index is 1740. The van der Waals surface area contributed by atoms with Crippen LogP contribution in [0, 0.1) is 24.2 Å². The molecule has 1 aliphatic rings. The summed E-state index contributed by atoms with van der Waals surface area (Å²) in [6.45, 7) is 13.8. The minimum Gasteiger partial charge on any atom is -0.339 e. The molecule has 0 radical (unpaired) electrons. The second kappa shape index (κ2) is 13.6. The number of piperidine rings is 1. The number of nitriles is 1. The number of hydrogen-bond donors (Lipinski definition) is 2. The molecule has 238 valence electrons. The molecule has 1 saturated heterocycles. The normalized spacial score (nSPS) is 15.1. The molecule has 2 N–H and O–H groups in total. The van der Waals surface area contributed by atoms with E-state index in [4.69, 9.17) is 5.10 Å². The molecule has 1 aromatic heterocycles. The van der Waals surface area contributed by atoms with Gasteiger partial charge in [0.1, 0.15) is 5.82 Å². The number of aryl methyl sites for hydroxylation is 1. The highest BCUT2D eigenvalue weighted by Gasteiger charge is 2.28. The first-order chi connectivity index (χ1) is 21.9. The van der Waals surface area contributed by atoms with Crippen LogP contribution in [-0.4, -0.2) is 39.7 Å². The summed E-state index contributed by atoms with van der Waals surface area (Å²) < 4.78 is 1.78. The summed E-state index contributed by atoms with van der Waals surface area (Å²) in [5.74, 6) is 1.05. The highest BCUT2D eigenvalue weighted by Crippen LogP contribution is 2.34. The number of aromatic nitrogens is 2. The Labute approximate surface area is 272 Å². The van der Waals surface area contributed by atoms with Gasteiger partial charge in [-0.05, 0) is 86.1 Å². The summed E-state index contributed by atoms with van der Waals surface area (Å²) in [6, 6.07) is 27.4. The Morgan fingerprint density at radius 1 is 0.913 bits per heavy atom. The van der Waals surface area contributed by atoms with Gasteiger partial charge in [0.2, 0.25) is 0 Å². The number of carbonyl (C=O) groups excluding carboxylic acids is 2. The largest absolute Gasteiger partial charge is 0.339 e. The number of rotatable bonds is 7. The minimum absolute atomic E-state index is 0.0219. The highest BCUT2D eigenvalue weighted by atomic mass is 16.2. The predicted molar refractivity (Wildman–Crippen MR) is 184 cm³/mol. The van der Waals surface area contributed by atoms with Gasteiger partial charge >= 0.3 is 6.03 Å². The number of urea groups is 1. The summed E-state index contributed by atoms with van der Waals surface area (Å²) in [5.41, 5.74) is 6.11. The molecular weight excluding hydrogens is 572 g/mol. The smallest absolute Gasteiger partial charge is 0.324 e. The van der Waals surface area contributed by atoms with Crippen LogP contribution in [0.1, 0.15) is 92.0 Å². The molecule has 8 heteroatoms. The first-order valence-corrected chi connectivity index (χ1v) is 16.1. The summed E-state index contributed by atoms with van der Waals surface area (Å²) >= 11 is 0. The predicted octanol–water partition coefficient (Wildman–Crippen LogP) is 8.41. The van der Waals surface area contributed by atoms with Crippen molar-refractivity contribution >= 4 is 23.4 Å². The van der Waals surface area contributed by atoms with E-state index in [9.17, 15) is 14.9 Å². The van der Waals surface area contributed by atoms with Gasteiger partial charge in [-0.15, -0.1) is 0 Å². The van der Waals surface area contributed by atoms with Crippen molar-refractivity contribution in [3.63, 3.8) is 0 Å². The fourth-order valence-electron chi connectivity index (χ4n) is 5.97. The maximum atomic E-state index is 13.2. The number of anilines is 2. The lowest BCUT2D eigenvalue weighted by atomic mass is 9.81. The molecule has 0 saturated carbocycles. The molecule has 2 heterocycles. The van der Waals surface area contributed by atoms with Crippen molar-refractivity contribution in [2.75, 3.05) is 23.7 Å². The topological polar surface area (TPSA) is 103 Å². The molecule has 0 aliphatic carbocycles. The zero-order valence-electron chi connectivity index (χ0n) is 27.7. The SMILES string of the molecule is Cc1ccc(-n2nc(C(C)(C)C)cc2NC(=O)Nc2cccc(C(C)C3CCN(C(=O)c4cccc([C@H](C)C#N)c4)CC3)c2)cc1. The molecule has 0 spiro atoms. The highest BCUT2D eigenvalue weighted by molar-refractivity contribution is 5.99. The third-order valence-electron chi connectivity index (χ3n) is 9.03. The first kappa shape index (κ1) is 32.5. The quantitative estimate of drug-likeness (QED) is 0.218. The number of carbonyl (C=O) groups is 2. The van der Waals surface area contributed by atoms with Crippen molar-refractivity contribution in [2.24, 2.45) is 5.92 Å². The monoisotopic (exact) mass is 616 g/mol. The molecule has 46 heavy (non-hydrogen) atoms. The zero-order valence-corrected chi connectivity index (χ0v) is 27.7. The van der Waals surface area contributed by atoms with Crippen LogP contribution in [0.15, 0.2) is 78.9 Å². The van der Waals surface area contributed by atoms with Crippen molar-refractivity contribution in [3.8, 4) is 11.8 Å². The number of likely N-dealkylation sites (tertiary alicyclic amines) is 1. The van der Waals surface area contributed by atoms with Crippen LogP contribution in [0.5, 0.6) is 0 Å². The summed E-state index contributed by atoms with van der Waals surface area (Å²) in [4.78, 5) is 28.4. The minimum atomic E-state index is -0.335. The van der Waals surface area contributed by atoms with Gasteiger partial charge in [0.15, 0.2) is 0 Å². The van der Waals surface area contributed by atoms with Crippen molar-refractivity contribution in [1.82, 2.24) is 14.7 Å². The van der Waals surface area contributed by atoms with Crippen molar-refractivity contribution in [1.29, 1.82) is 5.26 Å². The van der Waals surface area contributed by atoms with E-state index in [0.717, 1.165) is 46.6 Å². The Kier molecular flexibility index (Phi) is 9.62. The van der Waals surface area contributed by atoms with E-state index in [-0.39, 0.29) is 29.2 Å². The summed E-state index contributed by atoms with van der Waals surface area (Å²) in [7, 11) is 0. The van der Waals surface area contributed by atoms with Gasteiger partial charge in [-0.2, -0.15) is 10.4 Å². The van der Waals surface area contributed by atoms with Crippen molar-refractivity contribution < 1.29 is 9.59 Å². The molecule has 4 aromatic rings. The molecule has 3 amide bonds.